The molecular weight excluding hydrogens is 307 g/mol. The molecule has 1 N–H and O–H groups in total. The topological polar surface area (TPSA) is 32.3 Å². The second-order valence-electron chi connectivity index (χ2n) is 5.85. The Morgan fingerprint density at radius 2 is 2.14 bits per heavy atom. The SMILES string of the molecule is CC(C)N(Cc1ccc(Cl)c(Cl)c1)C(=O)C1CCCNC1. The van der Waals surface area contributed by atoms with E-state index in [4.69, 9.17) is 23.2 Å². The van der Waals surface area contributed by atoms with Crippen molar-refractivity contribution in [3.05, 3.63) is 33.8 Å². The van der Waals surface area contributed by atoms with Gasteiger partial charge in [0, 0.05) is 19.1 Å². The molecule has 5 heteroatoms. The Bertz CT molecular complexity index is 499. The number of nitrogens with one attached hydrogen (secondary N) is 1. The maximum absolute atomic E-state index is 12.7. The Labute approximate surface area is 136 Å². The number of carbonyl (C=O) groups excluding carboxylic acids is 1. The molecule has 3 nitrogen and oxygen atoms in total. The molecular formula is C16H22Cl2N2O. The minimum atomic E-state index is 0.0870. The number of hydrogen-bond donors (Lipinski definition) is 1. The molecule has 1 heterocycles. The van der Waals surface area contributed by atoms with Crippen LogP contribution >= 0.6 is 23.2 Å². The van der Waals surface area contributed by atoms with Crippen LogP contribution in [0.3, 0.4) is 0 Å². The Hall–Kier alpha value is -0.770. The van der Waals surface area contributed by atoms with Crippen LogP contribution < -0.4 is 5.32 Å². The molecule has 116 valence electrons. The molecule has 0 radical (unpaired) electrons. The van der Waals surface area contributed by atoms with Gasteiger partial charge >= 0.3 is 0 Å². The minimum Gasteiger partial charge on any atom is -0.336 e. The Balaban J connectivity index is 2.10. The van der Waals surface area contributed by atoms with E-state index in [1.807, 2.05) is 30.9 Å². The van der Waals surface area contributed by atoms with Crippen LogP contribution in [0, 0.1) is 5.92 Å². The van der Waals surface area contributed by atoms with E-state index in [0.29, 0.717) is 16.6 Å². The lowest BCUT2D eigenvalue weighted by atomic mass is 9.97. The van der Waals surface area contributed by atoms with E-state index in [-0.39, 0.29) is 17.9 Å². The fraction of sp³-hybridized carbons (Fsp3) is 0.562. The second-order valence-corrected chi connectivity index (χ2v) is 6.67. The summed E-state index contributed by atoms with van der Waals surface area (Å²) < 4.78 is 0. The highest BCUT2D eigenvalue weighted by Crippen LogP contribution is 2.24. The van der Waals surface area contributed by atoms with Gasteiger partial charge in [0.15, 0.2) is 0 Å². The van der Waals surface area contributed by atoms with Gasteiger partial charge in [-0.05, 0) is 50.9 Å². The molecule has 0 spiro atoms. The Morgan fingerprint density at radius 3 is 2.71 bits per heavy atom. The van der Waals surface area contributed by atoms with E-state index in [9.17, 15) is 4.79 Å². The maximum Gasteiger partial charge on any atom is 0.227 e. The lowest BCUT2D eigenvalue weighted by molar-refractivity contribution is -0.138. The molecule has 1 aliphatic heterocycles. The summed E-state index contributed by atoms with van der Waals surface area (Å²) in [6, 6.07) is 5.71. The number of carbonyl (C=O) groups is 1. The monoisotopic (exact) mass is 328 g/mol. The zero-order valence-corrected chi connectivity index (χ0v) is 14.0. The second kappa shape index (κ2) is 7.48. The summed E-state index contributed by atoms with van der Waals surface area (Å²) in [5.74, 6) is 0.312. The highest BCUT2D eigenvalue weighted by Gasteiger charge is 2.27. The molecule has 1 atom stereocenters. The molecule has 1 aliphatic rings. The average molecular weight is 329 g/mol. The van der Waals surface area contributed by atoms with Crippen LogP contribution in [0.1, 0.15) is 32.3 Å². The molecule has 0 saturated carbocycles. The van der Waals surface area contributed by atoms with Crippen LogP contribution in [-0.2, 0) is 11.3 Å². The van der Waals surface area contributed by atoms with Gasteiger partial charge in [-0.15, -0.1) is 0 Å². The van der Waals surface area contributed by atoms with E-state index >= 15 is 0 Å². The first kappa shape index (κ1) is 16.6. The third-order valence-electron chi connectivity index (χ3n) is 3.89. The van der Waals surface area contributed by atoms with Crippen molar-refractivity contribution >= 4 is 29.1 Å². The fourth-order valence-electron chi connectivity index (χ4n) is 2.65. The van der Waals surface area contributed by atoms with Crippen molar-refractivity contribution in [2.24, 2.45) is 5.92 Å². The summed E-state index contributed by atoms with van der Waals surface area (Å²) in [5, 5.41) is 4.38. The molecule has 1 amide bonds. The largest absolute Gasteiger partial charge is 0.336 e. The third kappa shape index (κ3) is 4.35. The molecule has 0 aromatic heterocycles. The van der Waals surface area contributed by atoms with E-state index in [0.717, 1.165) is 31.5 Å². The highest BCUT2D eigenvalue weighted by molar-refractivity contribution is 6.42. The number of halogens is 2. The number of hydrogen-bond acceptors (Lipinski definition) is 2. The van der Waals surface area contributed by atoms with Gasteiger partial charge < -0.3 is 10.2 Å². The van der Waals surface area contributed by atoms with Crippen LogP contribution in [0.15, 0.2) is 18.2 Å². The van der Waals surface area contributed by atoms with Crippen LogP contribution in [-0.4, -0.2) is 29.9 Å². The van der Waals surface area contributed by atoms with Crippen LogP contribution in [0.5, 0.6) is 0 Å². The van der Waals surface area contributed by atoms with Gasteiger partial charge in [0.05, 0.1) is 16.0 Å². The average Bonchev–Trinajstić information content (AvgIpc) is 2.48. The highest BCUT2D eigenvalue weighted by atomic mass is 35.5. The van der Waals surface area contributed by atoms with Crippen LogP contribution in [0.2, 0.25) is 10.0 Å². The van der Waals surface area contributed by atoms with Gasteiger partial charge in [0.1, 0.15) is 0 Å². The first-order chi connectivity index (χ1) is 9.99. The van der Waals surface area contributed by atoms with E-state index < -0.39 is 0 Å². The van der Waals surface area contributed by atoms with Gasteiger partial charge in [-0.2, -0.15) is 0 Å². The van der Waals surface area contributed by atoms with Gasteiger partial charge in [-0.3, -0.25) is 4.79 Å². The van der Waals surface area contributed by atoms with Crippen molar-refractivity contribution in [3.8, 4) is 0 Å². The molecule has 1 unspecified atom stereocenters. The van der Waals surface area contributed by atoms with Crippen LogP contribution in [0.25, 0.3) is 0 Å². The molecule has 1 fully saturated rings. The van der Waals surface area contributed by atoms with Crippen LogP contribution in [0.4, 0.5) is 0 Å². The normalized spacial score (nSPS) is 18.8. The van der Waals surface area contributed by atoms with Gasteiger partial charge in [0.2, 0.25) is 5.91 Å². The third-order valence-corrected chi connectivity index (χ3v) is 4.63. The zero-order valence-electron chi connectivity index (χ0n) is 12.5. The van der Waals surface area contributed by atoms with Gasteiger partial charge in [0.25, 0.3) is 0 Å². The Kier molecular flexibility index (Phi) is 5.91. The molecule has 21 heavy (non-hydrogen) atoms. The molecule has 0 aliphatic carbocycles. The van der Waals surface area contributed by atoms with E-state index in [1.54, 1.807) is 6.07 Å². The summed E-state index contributed by atoms with van der Waals surface area (Å²) in [4.78, 5) is 14.7. The Morgan fingerprint density at radius 1 is 1.38 bits per heavy atom. The van der Waals surface area contributed by atoms with Crippen molar-refractivity contribution in [2.45, 2.75) is 39.3 Å². The standard InChI is InChI=1S/C16H22Cl2N2O/c1-11(2)20(16(21)13-4-3-7-19-9-13)10-12-5-6-14(17)15(18)8-12/h5-6,8,11,13,19H,3-4,7,9-10H2,1-2H3. The summed E-state index contributed by atoms with van der Waals surface area (Å²) in [7, 11) is 0. The number of amides is 1. The van der Waals surface area contributed by atoms with E-state index in [2.05, 4.69) is 5.32 Å². The summed E-state index contributed by atoms with van der Waals surface area (Å²) in [6.45, 7) is 6.46. The van der Waals surface area contributed by atoms with Crippen molar-refractivity contribution in [3.63, 3.8) is 0 Å². The van der Waals surface area contributed by atoms with Gasteiger partial charge in [-0.1, -0.05) is 29.3 Å². The lowest BCUT2D eigenvalue weighted by Gasteiger charge is -2.32. The van der Waals surface area contributed by atoms with Crippen molar-refractivity contribution < 1.29 is 4.79 Å². The van der Waals surface area contributed by atoms with Crippen molar-refractivity contribution in [1.29, 1.82) is 0 Å². The number of nitrogens with zero attached hydrogens (tertiary/aromatic N) is 1. The smallest absolute Gasteiger partial charge is 0.227 e. The fourth-order valence-corrected chi connectivity index (χ4v) is 2.97. The summed E-state index contributed by atoms with van der Waals surface area (Å²) in [6.07, 6.45) is 2.03. The zero-order chi connectivity index (χ0) is 15.4. The van der Waals surface area contributed by atoms with E-state index in [1.165, 1.54) is 0 Å². The predicted octanol–water partition coefficient (Wildman–Crippen LogP) is 3.73. The lowest BCUT2D eigenvalue weighted by Crippen LogP contribution is -2.45. The molecule has 1 aromatic rings. The molecule has 2 rings (SSSR count). The maximum atomic E-state index is 12.7. The van der Waals surface area contributed by atoms with Crippen molar-refractivity contribution in [2.75, 3.05) is 13.1 Å². The molecule has 0 bridgehead atoms. The van der Waals surface area contributed by atoms with Crippen molar-refractivity contribution in [1.82, 2.24) is 10.2 Å². The molecule has 1 saturated heterocycles. The summed E-state index contributed by atoms with van der Waals surface area (Å²) >= 11 is 12.0. The number of piperidine rings is 1. The minimum absolute atomic E-state index is 0.0870. The molecule has 1 aromatic carbocycles. The summed E-state index contributed by atoms with van der Waals surface area (Å²) in [5.41, 5.74) is 1.01. The van der Waals surface area contributed by atoms with Gasteiger partial charge in [-0.25, -0.2) is 0 Å². The first-order valence-corrected chi connectivity index (χ1v) is 8.19. The quantitative estimate of drug-likeness (QED) is 0.913. The number of rotatable bonds is 4. The first-order valence-electron chi connectivity index (χ1n) is 7.44. The number of benzene rings is 1. The predicted molar refractivity (Wildman–Crippen MR) is 87.7 cm³/mol.